The molecule has 29 heavy (non-hydrogen) atoms. The van der Waals surface area contributed by atoms with Gasteiger partial charge < -0.3 is 15.1 Å². The van der Waals surface area contributed by atoms with Crippen molar-refractivity contribution in [2.45, 2.75) is 59.4 Å². The van der Waals surface area contributed by atoms with E-state index in [4.69, 9.17) is 4.42 Å². The molecule has 0 saturated carbocycles. The van der Waals surface area contributed by atoms with Gasteiger partial charge in [0.1, 0.15) is 5.76 Å². The summed E-state index contributed by atoms with van der Waals surface area (Å²) < 4.78 is 5.70. The SMILES string of the molecule is Cc1nc(CN2CCC(CNC(=O)CC(C)C3CCNCC3)CC2)oc1C.Cl.Cl. The monoisotopic (exact) mass is 448 g/mol. The molecule has 1 aromatic rings. The first kappa shape index (κ1) is 26.2. The Hall–Kier alpha value is -0.820. The summed E-state index contributed by atoms with van der Waals surface area (Å²) in [5.74, 6) is 3.75. The summed E-state index contributed by atoms with van der Waals surface area (Å²) in [5, 5.41) is 6.59. The van der Waals surface area contributed by atoms with E-state index < -0.39 is 0 Å². The molecule has 0 spiro atoms. The van der Waals surface area contributed by atoms with Crippen molar-refractivity contribution in [1.82, 2.24) is 20.5 Å². The maximum Gasteiger partial charge on any atom is 0.220 e. The second kappa shape index (κ2) is 12.8. The van der Waals surface area contributed by atoms with E-state index in [9.17, 15) is 4.79 Å². The minimum absolute atomic E-state index is 0. The number of rotatable bonds is 7. The molecule has 2 N–H and O–H groups in total. The first-order valence-electron chi connectivity index (χ1n) is 10.6. The predicted molar refractivity (Wildman–Crippen MR) is 121 cm³/mol. The average Bonchev–Trinajstić information content (AvgIpc) is 2.99. The third-order valence-electron chi connectivity index (χ3n) is 6.42. The number of carbonyl (C=O) groups is 1. The van der Waals surface area contributed by atoms with Gasteiger partial charge in [0.2, 0.25) is 11.8 Å². The van der Waals surface area contributed by atoms with Crippen LogP contribution in [0.25, 0.3) is 0 Å². The number of halogens is 2. The third-order valence-corrected chi connectivity index (χ3v) is 6.42. The van der Waals surface area contributed by atoms with E-state index in [0.717, 1.165) is 69.5 Å². The average molecular weight is 449 g/mol. The smallest absolute Gasteiger partial charge is 0.220 e. The first-order valence-corrected chi connectivity index (χ1v) is 10.6. The first-order chi connectivity index (χ1) is 13.0. The van der Waals surface area contributed by atoms with E-state index in [0.29, 0.717) is 24.2 Å². The molecular formula is C21H38Cl2N4O2. The number of carbonyl (C=O) groups excluding carboxylic acids is 1. The van der Waals surface area contributed by atoms with E-state index in [1.54, 1.807) is 0 Å². The van der Waals surface area contributed by atoms with Crippen molar-refractivity contribution in [3.63, 3.8) is 0 Å². The fourth-order valence-electron chi connectivity index (χ4n) is 4.35. The van der Waals surface area contributed by atoms with Crippen molar-refractivity contribution >= 4 is 30.7 Å². The minimum atomic E-state index is 0. The zero-order valence-electron chi connectivity index (χ0n) is 18.0. The Morgan fingerprint density at radius 2 is 1.86 bits per heavy atom. The number of likely N-dealkylation sites (tertiary alicyclic amines) is 1. The number of piperidine rings is 2. The van der Waals surface area contributed by atoms with E-state index in [2.05, 4.69) is 27.4 Å². The van der Waals surface area contributed by atoms with Gasteiger partial charge in [-0.05, 0) is 83.5 Å². The van der Waals surface area contributed by atoms with Crippen molar-refractivity contribution in [3.8, 4) is 0 Å². The molecule has 0 aromatic carbocycles. The van der Waals surface area contributed by atoms with Gasteiger partial charge in [0, 0.05) is 13.0 Å². The molecule has 0 radical (unpaired) electrons. The van der Waals surface area contributed by atoms with Gasteiger partial charge in [0.15, 0.2) is 0 Å². The van der Waals surface area contributed by atoms with Crippen LogP contribution in [0.5, 0.6) is 0 Å². The van der Waals surface area contributed by atoms with Gasteiger partial charge in [-0.1, -0.05) is 6.92 Å². The lowest BCUT2D eigenvalue weighted by Gasteiger charge is -2.31. The molecule has 0 bridgehead atoms. The van der Waals surface area contributed by atoms with Crippen LogP contribution >= 0.6 is 24.8 Å². The van der Waals surface area contributed by atoms with Gasteiger partial charge in [0.05, 0.1) is 12.2 Å². The van der Waals surface area contributed by atoms with E-state index in [-0.39, 0.29) is 30.7 Å². The molecule has 1 aromatic heterocycles. The quantitative estimate of drug-likeness (QED) is 0.667. The Balaban J connectivity index is 0.00000210. The highest BCUT2D eigenvalue weighted by molar-refractivity contribution is 5.85. The molecule has 2 aliphatic rings. The number of nitrogens with zero attached hydrogens (tertiary/aromatic N) is 2. The molecule has 3 rings (SSSR count). The highest BCUT2D eigenvalue weighted by Gasteiger charge is 2.24. The van der Waals surface area contributed by atoms with Crippen LogP contribution < -0.4 is 10.6 Å². The van der Waals surface area contributed by atoms with Crippen LogP contribution in [-0.2, 0) is 11.3 Å². The second-order valence-corrected chi connectivity index (χ2v) is 8.54. The van der Waals surface area contributed by atoms with Crippen LogP contribution in [0, 0.1) is 31.6 Å². The van der Waals surface area contributed by atoms with Crippen LogP contribution in [-0.4, -0.2) is 48.5 Å². The molecule has 2 saturated heterocycles. The molecule has 2 fully saturated rings. The lowest BCUT2D eigenvalue weighted by molar-refractivity contribution is -0.122. The number of hydrogen-bond acceptors (Lipinski definition) is 5. The fourth-order valence-corrected chi connectivity index (χ4v) is 4.35. The number of amides is 1. The van der Waals surface area contributed by atoms with Crippen molar-refractivity contribution in [1.29, 1.82) is 0 Å². The highest BCUT2D eigenvalue weighted by Crippen LogP contribution is 2.24. The summed E-state index contributed by atoms with van der Waals surface area (Å²) in [5.41, 5.74) is 0.987. The topological polar surface area (TPSA) is 70.4 Å². The van der Waals surface area contributed by atoms with Crippen LogP contribution in [0.15, 0.2) is 4.42 Å². The molecule has 8 heteroatoms. The number of oxazole rings is 1. The molecular weight excluding hydrogens is 411 g/mol. The van der Waals surface area contributed by atoms with Crippen LogP contribution in [0.3, 0.4) is 0 Å². The molecule has 1 atom stereocenters. The largest absolute Gasteiger partial charge is 0.444 e. The maximum atomic E-state index is 12.3. The standard InChI is InChI=1S/C21H36N4O2.2ClH/c1-15(19-4-8-22-9-5-19)12-20(26)23-13-18-6-10-25(11-7-18)14-21-24-16(2)17(3)27-21;;/h15,18-19,22H,4-14H2,1-3H3,(H,23,26);2*1H. The van der Waals surface area contributed by atoms with Crippen LogP contribution in [0.1, 0.15) is 56.4 Å². The Morgan fingerprint density at radius 1 is 1.21 bits per heavy atom. The summed E-state index contributed by atoms with van der Waals surface area (Å²) in [7, 11) is 0. The zero-order valence-corrected chi connectivity index (χ0v) is 19.7. The fraction of sp³-hybridized carbons (Fsp3) is 0.810. The highest BCUT2D eigenvalue weighted by atomic mass is 35.5. The summed E-state index contributed by atoms with van der Waals surface area (Å²) in [4.78, 5) is 19.2. The van der Waals surface area contributed by atoms with Crippen molar-refractivity contribution in [3.05, 3.63) is 17.3 Å². The Morgan fingerprint density at radius 3 is 2.45 bits per heavy atom. The van der Waals surface area contributed by atoms with Gasteiger partial charge in [-0.2, -0.15) is 0 Å². The molecule has 6 nitrogen and oxygen atoms in total. The number of hydrogen-bond donors (Lipinski definition) is 2. The third kappa shape index (κ3) is 8.08. The van der Waals surface area contributed by atoms with Crippen molar-refractivity contribution in [2.75, 3.05) is 32.7 Å². The summed E-state index contributed by atoms with van der Waals surface area (Å²) in [6.45, 7) is 12.1. The molecule has 1 unspecified atom stereocenters. The van der Waals surface area contributed by atoms with Crippen LogP contribution in [0.2, 0.25) is 0 Å². The lowest BCUT2D eigenvalue weighted by Crippen LogP contribution is -2.39. The van der Waals surface area contributed by atoms with Gasteiger partial charge in [-0.25, -0.2) is 4.98 Å². The van der Waals surface area contributed by atoms with Crippen LogP contribution in [0.4, 0.5) is 0 Å². The minimum Gasteiger partial charge on any atom is -0.444 e. The Labute approximate surface area is 187 Å². The second-order valence-electron chi connectivity index (χ2n) is 8.54. The summed E-state index contributed by atoms with van der Waals surface area (Å²) >= 11 is 0. The molecule has 0 aliphatic carbocycles. The van der Waals surface area contributed by atoms with Crippen molar-refractivity contribution in [2.24, 2.45) is 17.8 Å². The van der Waals surface area contributed by atoms with E-state index >= 15 is 0 Å². The molecule has 168 valence electrons. The van der Waals surface area contributed by atoms with E-state index in [1.165, 1.54) is 12.8 Å². The molecule has 2 aliphatic heterocycles. The number of aryl methyl sites for hydroxylation is 2. The zero-order chi connectivity index (χ0) is 19.2. The molecule has 3 heterocycles. The number of nitrogens with one attached hydrogen (secondary N) is 2. The Bertz CT molecular complexity index is 592. The maximum absolute atomic E-state index is 12.3. The van der Waals surface area contributed by atoms with Gasteiger partial charge in [-0.15, -0.1) is 24.8 Å². The predicted octanol–water partition coefficient (Wildman–Crippen LogP) is 3.49. The van der Waals surface area contributed by atoms with E-state index in [1.807, 2.05) is 13.8 Å². The normalized spacial score (nSPS) is 19.8. The lowest BCUT2D eigenvalue weighted by atomic mass is 9.84. The Kier molecular flexibility index (Phi) is 11.6. The van der Waals surface area contributed by atoms with Crippen molar-refractivity contribution < 1.29 is 9.21 Å². The summed E-state index contributed by atoms with van der Waals surface area (Å²) in [6, 6.07) is 0. The number of aromatic nitrogens is 1. The summed E-state index contributed by atoms with van der Waals surface area (Å²) in [6.07, 6.45) is 5.34. The van der Waals surface area contributed by atoms with Gasteiger partial charge in [-0.3, -0.25) is 9.69 Å². The molecule has 1 amide bonds. The van der Waals surface area contributed by atoms with Gasteiger partial charge >= 0.3 is 0 Å². The van der Waals surface area contributed by atoms with Gasteiger partial charge in [0.25, 0.3) is 0 Å².